The van der Waals surface area contributed by atoms with E-state index in [0.29, 0.717) is 28.4 Å². The number of hydrogen-bond donors (Lipinski definition) is 2. The molecular formula is C24H22N2O5S. The van der Waals surface area contributed by atoms with Crippen molar-refractivity contribution in [1.82, 2.24) is 0 Å². The number of sulfonamides is 1. The molecular weight excluding hydrogens is 428 g/mol. The van der Waals surface area contributed by atoms with E-state index in [4.69, 9.17) is 9.47 Å². The van der Waals surface area contributed by atoms with Gasteiger partial charge in [0.2, 0.25) is 0 Å². The van der Waals surface area contributed by atoms with Crippen LogP contribution in [-0.4, -0.2) is 20.1 Å². The van der Waals surface area contributed by atoms with E-state index in [2.05, 4.69) is 10.0 Å². The molecule has 3 aromatic carbocycles. The summed E-state index contributed by atoms with van der Waals surface area (Å²) in [5.41, 5.74) is 1.20. The molecule has 1 fully saturated rings. The predicted octanol–water partition coefficient (Wildman–Crippen LogP) is 4.78. The van der Waals surface area contributed by atoms with Crippen LogP contribution in [0.15, 0.2) is 77.7 Å². The maximum atomic E-state index is 12.8. The summed E-state index contributed by atoms with van der Waals surface area (Å²) in [6, 6.07) is 19.7. The van der Waals surface area contributed by atoms with Crippen molar-refractivity contribution in [3.63, 3.8) is 0 Å². The van der Waals surface area contributed by atoms with Crippen molar-refractivity contribution in [2.24, 2.45) is 0 Å². The third kappa shape index (κ3) is 4.01. The number of amides is 1. The molecule has 3 aromatic rings. The van der Waals surface area contributed by atoms with Gasteiger partial charge in [-0.15, -0.1) is 0 Å². The highest BCUT2D eigenvalue weighted by Gasteiger charge is 2.44. The van der Waals surface area contributed by atoms with Crippen LogP contribution in [0.25, 0.3) is 0 Å². The minimum absolute atomic E-state index is 0.148. The summed E-state index contributed by atoms with van der Waals surface area (Å²) in [6.07, 6.45) is 3.86. The van der Waals surface area contributed by atoms with Gasteiger partial charge in [0.05, 0.1) is 4.90 Å². The van der Waals surface area contributed by atoms with E-state index in [1.165, 1.54) is 18.2 Å². The first-order valence-corrected chi connectivity index (χ1v) is 11.9. The van der Waals surface area contributed by atoms with Gasteiger partial charge in [0, 0.05) is 35.8 Å². The van der Waals surface area contributed by atoms with Crippen molar-refractivity contribution in [1.29, 1.82) is 0 Å². The number of carbonyl (C=O) groups excluding carboxylic acids is 1. The van der Waals surface area contributed by atoms with Gasteiger partial charge in [-0.1, -0.05) is 24.3 Å². The summed E-state index contributed by atoms with van der Waals surface area (Å²) in [5, 5.41) is 2.84. The van der Waals surface area contributed by atoms with Crippen molar-refractivity contribution < 1.29 is 22.7 Å². The maximum Gasteiger partial charge on any atom is 0.261 e. The Hall–Kier alpha value is -3.52. The molecule has 1 aliphatic heterocycles. The average Bonchev–Trinajstić information content (AvgIpc) is 3.39. The lowest BCUT2D eigenvalue weighted by molar-refractivity contribution is -0.0716. The van der Waals surface area contributed by atoms with Gasteiger partial charge in [0.25, 0.3) is 21.7 Å². The fraction of sp³-hybridized carbons (Fsp3) is 0.208. The lowest BCUT2D eigenvalue weighted by Crippen LogP contribution is -2.34. The predicted molar refractivity (Wildman–Crippen MR) is 121 cm³/mol. The Kier molecular flexibility index (Phi) is 5.01. The molecule has 8 heteroatoms. The molecule has 7 nitrogen and oxygen atoms in total. The molecule has 1 aliphatic carbocycles. The van der Waals surface area contributed by atoms with Crippen molar-refractivity contribution in [2.75, 3.05) is 10.0 Å². The molecule has 0 radical (unpaired) electrons. The molecule has 164 valence electrons. The minimum Gasteiger partial charge on any atom is -0.448 e. The normalized spacial score (nSPS) is 16.1. The third-order valence-electron chi connectivity index (χ3n) is 5.59. The Morgan fingerprint density at radius 2 is 1.56 bits per heavy atom. The van der Waals surface area contributed by atoms with Crippen LogP contribution in [0.4, 0.5) is 11.4 Å². The number of hydrogen-bond acceptors (Lipinski definition) is 5. The van der Waals surface area contributed by atoms with Gasteiger partial charge in [0.1, 0.15) is 0 Å². The highest BCUT2D eigenvalue weighted by molar-refractivity contribution is 7.92. The smallest absolute Gasteiger partial charge is 0.261 e. The van der Waals surface area contributed by atoms with Gasteiger partial charge in [0.15, 0.2) is 11.5 Å². The SMILES string of the molecule is O=C(Nc1ccc2c(c1)OC1(CCCC1)O2)c1cccc(NS(=O)(=O)c2ccccc2)c1. The largest absolute Gasteiger partial charge is 0.448 e. The van der Waals surface area contributed by atoms with Gasteiger partial charge in [-0.25, -0.2) is 8.42 Å². The van der Waals surface area contributed by atoms with E-state index >= 15 is 0 Å². The summed E-state index contributed by atoms with van der Waals surface area (Å²) in [5.74, 6) is 0.381. The molecule has 5 rings (SSSR count). The zero-order chi connectivity index (χ0) is 22.2. The Morgan fingerprint density at radius 3 is 2.34 bits per heavy atom. The number of anilines is 2. The van der Waals surface area contributed by atoms with Crippen molar-refractivity contribution in [2.45, 2.75) is 36.4 Å². The van der Waals surface area contributed by atoms with Crippen LogP contribution >= 0.6 is 0 Å². The third-order valence-corrected chi connectivity index (χ3v) is 6.99. The summed E-state index contributed by atoms with van der Waals surface area (Å²) in [6.45, 7) is 0. The molecule has 0 atom stereocenters. The van der Waals surface area contributed by atoms with Gasteiger partial charge < -0.3 is 14.8 Å². The fourth-order valence-corrected chi connectivity index (χ4v) is 5.10. The number of rotatable bonds is 5. The average molecular weight is 451 g/mol. The van der Waals surface area contributed by atoms with Crippen LogP contribution in [-0.2, 0) is 10.0 Å². The summed E-state index contributed by atoms with van der Waals surface area (Å²) >= 11 is 0. The molecule has 1 heterocycles. The first-order chi connectivity index (χ1) is 15.4. The Morgan fingerprint density at radius 1 is 0.812 bits per heavy atom. The first-order valence-electron chi connectivity index (χ1n) is 10.4. The second kappa shape index (κ2) is 7.87. The maximum absolute atomic E-state index is 12.8. The fourth-order valence-electron chi connectivity index (χ4n) is 4.03. The van der Waals surface area contributed by atoms with Crippen LogP contribution in [0.2, 0.25) is 0 Å². The summed E-state index contributed by atoms with van der Waals surface area (Å²) in [4.78, 5) is 12.9. The van der Waals surface area contributed by atoms with E-state index in [1.54, 1.807) is 54.6 Å². The summed E-state index contributed by atoms with van der Waals surface area (Å²) < 4.78 is 39.7. The van der Waals surface area contributed by atoms with Crippen LogP contribution in [0, 0.1) is 0 Å². The Bertz CT molecular complexity index is 1270. The molecule has 32 heavy (non-hydrogen) atoms. The molecule has 0 aromatic heterocycles. The lowest BCUT2D eigenvalue weighted by atomic mass is 10.2. The summed E-state index contributed by atoms with van der Waals surface area (Å²) in [7, 11) is -3.74. The molecule has 2 N–H and O–H groups in total. The van der Waals surface area contributed by atoms with Crippen LogP contribution in [0.3, 0.4) is 0 Å². The lowest BCUT2D eigenvalue weighted by Gasteiger charge is -2.21. The van der Waals surface area contributed by atoms with Gasteiger partial charge in [-0.2, -0.15) is 0 Å². The zero-order valence-corrected chi connectivity index (χ0v) is 18.0. The number of nitrogens with one attached hydrogen (secondary N) is 2. The molecule has 1 saturated carbocycles. The topological polar surface area (TPSA) is 93.7 Å². The monoisotopic (exact) mass is 450 g/mol. The van der Waals surface area contributed by atoms with Crippen molar-refractivity contribution >= 4 is 27.3 Å². The second-order valence-corrected chi connectivity index (χ2v) is 9.62. The van der Waals surface area contributed by atoms with Gasteiger partial charge >= 0.3 is 0 Å². The standard InChI is InChI=1S/C24H22N2O5S/c27-23(25-18-11-12-21-22(16-18)31-24(30-21)13-4-5-14-24)17-7-6-8-19(15-17)26-32(28,29)20-9-2-1-3-10-20/h1-3,6-12,15-16,26H,4-5,13-14H2,(H,25,27). The highest BCUT2D eigenvalue weighted by Crippen LogP contribution is 2.47. The highest BCUT2D eigenvalue weighted by atomic mass is 32.2. The molecule has 1 amide bonds. The molecule has 0 saturated heterocycles. The van der Waals surface area contributed by atoms with E-state index in [0.717, 1.165) is 25.7 Å². The second-order valence-electron chi connectivity index (χ2n) is 7.94. The Balaban J connectivity index is 1.30. The van der Waals surface area contributed by atoms with E-state index in [1.807, 2.05) is 0 Å². The number of carbonyl (C=O) groups is 1. The number of benzene rings is 3. The van der Waals surface area contributed by atoms with Crippen molar-refractivity contribution in [3.05, 3.63) is 78.4 Å². The van der Waals surface area contributed by atoms with E-state index in [-0.39, 0.29) is 10.8 Å². The van der Waals surface area contributed by atoms with E-state index in [9.17, 15) is 13.2 Å². The molecule has 2 aliphatic rings. The number of ether oxygens (including phenoxy) is 2. The molecule has 0 unspecified atom stereocenters. The molecule has 0 bridgehead atoms. The quantitative estimate of drug-likeness (QED) is 0.583. The van der Waals surface area contributed by atoms with Gasteiger partial charge in [-0.3, -0.25) is 9.52 Å². The minimum atomic E-state index is -3.74. The zero-order valence-electron chi connectivity index (χ0n) is 17.2. The first kappa shape index (κ1) is 20.4. The van der Waals surface area contributed by atoms with Crippen LogP contribution in [0.1, 0.15) is 36.0 Å². The van der Waals surface area contributed by atoms with E-state index < -0.39 is 15.8 Å². The van der Waals surface area contributed by atoms with Gasteiger partial charge in [-0.05, 0) is 55.3 Å². The molecule has 1 spiro atoms. The number of fused-ring (bicyclic) bond motifs is 1. The van der Waals surface area contributed by atoms with Crippen LogP contribution in [0.5, 0.6) is 11.5 Å². The Labute approximate surface area is 186 Å². The van der Waals surface area contributed by atoms with Crippen molar-refractivity contribution in [3.8, 4) is 11.5 Å². The van der Waals surface area contributed by atoms with Crippen LogP contribution < -0.4 is 19.5 Å².